The maximum atomic E-state index is 12.1. The normalized spacial score (nSPS) is 14.8. The highest BCUT2D eigenvalue weighted by molar-refractivity contribution is 8.23. The summed E-state index contributed by atoms with van der Waals surface area (Å²) in [6.07, 6.45) is 3.25. The molecule has 138 valence electrons. The van der Waals surface area contributed by atoms with Crippen molar-refractivity contribution in [1.29, 1.82) is 0 Å². The van der Waals surface area contributed by atoms with Crippen molar-refractivity contribution in [1.82, 2.24) is 19.8 Å². The highest BCUT2D eigenvalue weighted by Crippen LogP contribution is 2.18. The van der Waals surface area contributed by atoms with E-state index in [1.165, 1.54) is 16.7 Å². The molecule has 2 amide bonds. The fourth-order valence-corrected chi connectivity index (χ4v) is 4.30. The van der Waals surface area contributed by atoms with Gasteiger partial charge < -0.3 is 5.32 Å². The molecule has 9 nitrogen and oxygen atoms in total. The van der Waals surface area contributed by atoms with E-state index in [4.69, 9.17) is 12.2 Å². The number of carbonyl (C=O) groups is 2. The molecule has 2 aromatic rings. The second-order valence-corrected chi connectivity index (χ2v) is 8.87. The van der Waals surface area contributed by atoms with Gasteiger partial charge in [0.15, 0.2) is 0 Å². The average molecular weight is 414 g/mol. The number of hydrogen-bond donors (Lipinski definition) is 2. The molecule has 0 radical (unpaired) electrons. The van der Waals surface area contributed by atoms with Crippen LogP contribution in [0.3, 0.4) is 0 Å². The van der Waals surface area contributed by atoms with Gasteiger partial charge in [-0.2, -0.15) is 5.10 Å². The molecule has 0 aromatic carbocycles. The molecule has 3 heterocycles. The molecule has 0 saturated carbocycles. The third-order valence-electron chi connectivity index (χ3n) is 3.51. The van der Waals surface area contributed by atoms with Crippen LogP contribution in [0, 0.1) is 0 Å². The molecule has 0 atom stereocenters. The van der Waals surface area contributed by atoms with Crippen LogP contribution < -0.4 is 10.0 Å². The molecule has 26 heavy (non-hydrogen) atoms. The molecular formula is C14H15N5O4S3. The molecule has 1 fully saturated rings. The van der Waals surface area contributed by atoms with E-state index in [1.54, 1.807) is 35.1 Å². The lowest BCUT2D eigenvalue weighted by Crippen LogP contribution is -2.41. The summed E-state index contributed by atoms with van der Waals surface area (Å²) < 4.78 is 28.7. The molecule has 3 rings (SSSR count). The van der Waals surface area contributed by atoms with E-state index in [1.807, 2.05) is 0 Å². The fraction of sp³-hybridized carbons (Fsp3) is 0.286. The third-order valence-corrected chi connectivity index (χ3v) is 6.23. The van der Waals surface area contributed by atoms with Crippen LogP contribution in [-0.4, -0.2) is 63.7 Å². The predicted octanol–water partition coefficient (Wildman–Crippen LogP) is 0.0525. The molecule has 0 bridgehead atoms. The van der Waals surface area contributed by atoms with Crippen molar-refractivity contribution in [2.24, 2.45) is 0 Å². The second kappa shape index (κ2) is 7.60. The maximum absolute atomic E-state index is 12.1. The lowest BCUT2D eigenvalue weighted by atomic mass is 10.4. The highest BCUT2D eigenvalue weighted by Gasteiger charge is 2.28. The number of aromatic nitrogens is 2. The van der Waals surface area contributed by atoms with Crippen LogP contribution in [0.2, 0.25) is 0 Å². The Bertz CT molecular complexity index is 956. The number of hydrogen-bond acceptors (Lipinski definition) is 7. The van der Waals surface area contributed by atoms with E-state index < -0.39 is 15.9 Å². The van der Waals surface area contributed by atoms with Crippen molar-refractivity contribution in [2.75, 3.05) is 29.3 Å². The van der Waals surface area contributed by atoms with Crippen LogP contribution in [0.4, 0.5) is 5.69 Å². The number of carbonyl (C=O) groups excluding carboxylic acids is 2. The predicted molar refractivity (Wildman–Crippen MR) is 102 cm³/mol. The van der Waals surface area contributed by atoms with Gasteiger partial charge in [-0.05, 0) is 18.2 Å². The van der Waals surface area contributed by atoms with Crippen LogP contribution >= 0.6 is 24.0 Å². The van der Waals surface area contributed by atoms with Crippen LogP contribution in [-0.2, 0) is 19.6 Å². The minimum atomic E-state index is -3.64. The SMILES string of the molecule is O=C(CN1C(=O)CSC1=S)NCCS(=O)(=O)Nc1ccn2nccc2c1. The van der Waals surface area contributed by atoms with E-state index in [-0.39, 0.29) is 30.5 Å². The lowest BCUT2D eigenvalue weighted by molar-refractivity contribution is -0.129. The monoisotopic (exact) mass is 413 g/mol. The first kappa shape index (κ1) is 18.6. The van der Waals surface area contributed by atoms with Crippen LogP contribution in [0.25, 0.3) is 5.52 Å². The summed E-state index contributed by atoms with van der Waals surface area (Å²) in [7, 11) is -3.64. The Kier molecular flexibility index (Phi) is 5.44. The van der Waals surface area contributed by atoms with Crippen molar-refractivity contribution in [2.45, 2.75) is 0 Å². The molecule has 2 aromatic heterocycles. The Labute approximate surface area is 159 Å². The number of pyridine rings is 1. The minimum Gasteiger partial charge on any atom is -0.353 e. The number of amides is 2. The first-order chi connectivity index (χ1) is 12.3. The van der Waals surface area contributed by atoms with Gasteiger partial charge >= 0.3 is 0 Å². The number of sulfonamides is 1. The van der Waals surface area contributed by atoms with Gasteiger partial charge in [0.2, 0.25) is 21.8 Å². The Morgan fingerprint density at radius 2 is 2.19 bits per heavy atom. The Morgan fingerprint density at radius 1 is 1.38 bits per heavy atom. The summed E-state index contributed by atoms with van der Waals surface area (Å²) in [4.78, 5) is 24.6. The molecule has 12 heteroatoms. The highest BCUT2D eigenvalue weighted by atomic mass is 32.2. The molecule has 1 aliphatic rings. The fourth-order valence-electron chi connectivity index (χ4n) is 2.27. The van der Waals surface area contributed by atoms with Gasteiger partial charge in [0.1, 0.15) is 10.9 Å². The number of thiocarbonyl (C=S) groups is 1. The van der Waals surface area contributed by atoms with E-state index in [0.717, 1.165) is 5.52 Å². The number of thioether (sulfide) groups is 1. The maximum Gasteiger partial charge on any atom is 0.240 e. The zero-order valence-electron chi connectivity index (χ0n) is 13.4. The summed E-state index contributed by atoms with van der Waals surface area (Å²) in [6, 6.07) is 4.99. The molecule has 1 aliphatic heterocycles. The molecule has 0 unspecified atom stereocenters. The van der Waals surface area contributed by atoms with Gasteiger partial charge in [-0.25, -0.2) is 12.9 Å². The van der Waals surface area contributed by atoms with Crippen LogP contribution in [0.15, 0.2) is 30.6 Å². The van der Waals surface area contributed by atoms with E-state index in [2.05, 4.69) is 15.1 Å². The van der Waals surface area contributed by atoms with E-state index in [9.17, 15) is 18.0 Å². The number of nitrogens with zero attached hydrogens (tertiary/aromatic N) is 3. The standard InChI is InChI=1S/C14H15N5O4S3/c20-12(8-18-13(21)9-25-14(18)24)15-4-6-26(22,23)17-10-2-5-19-11(7-10)1-3-16-19/h1-3,5,7,17H,4,6,8-9H2,(H,15,20). The van der Waals surface area contributed by atoms with Gasteiger partial charge in [0, 0.05) is 18.9 Å². The summed E-state index contributed by atoms with van der Waals surface area (Å²) in [5, 5.41) is 6.51. The molecule has 2 N–H and O–H groups in total. The first-order valence-corrected chi connectivity index (χ1v) is 10.6. The van der Waals surface area contributed by atoms with Crippen molar-refractivity contribution < 1.29 is 18.0 Å². The lowest BCUT2D eigenvalue weighted by Gasteiger charge is -2.14. The zero-order chi connectivity index (χ0) is 18.7. The zero-order valence-corrected chi connectivity index (χ0v) is 15.9. The van der Waals surface area contributed by atoms with E-state index >= 15 is 0 Å². The van der Waals surface area contributed by atoms with Crippen LogP contribution in [0.5, 0.6) is 0 Å². The smallest absolute Gasteiger partial charge is 0.240 e. The van der Waals surface area contributed by atoms with Crippen LogP contribution in [0.1, 0.15) is 0 Å². The quantitative estimate of drug-likeness (QED) is 0.617. The summed E-state index contributed by atoms with van der Waals surface area (Å²) in [5.41, 5.74) is 1.16. The van der Waals surface area contributed by atoms with Crippen molar-refractivity contribution >= 4 is 61.3 Å². The molecule has 0 spiro atoms. The Balaban J connectivity index is 1.49. The van der Waals surface area contributed by atoms with Crippen molar-refractivity contribution in [3.8, 4) is 0 Å². The van der Waals surface area contributed by atoms with Crippen molar-refractivity contribution in [3.05, 3.63) is 30.6 Å². The van der Waals surface area contributed by atoms with Crippen molar-refractivity contribution in [3.63, 3.8) is 0 Å². The second-order valence-electron chi connectivity index (χ2n) is 5.42. The van der Waals surface area contributed by atoms with Gasteiger partial charge in [0.05, 0.1) is 22.7 Å². The number of rotatable bonds is 7. The first-order valence-electron chi connectivity index (χ1n) is 7.52. The van der Waals surface area contributed by atoms with Gasteiger partial charge in [0.25, 0.3) is 0 Å². The van der Waals surface area contributed by atoms with Gasteiger partial charge in [-0.15, -0.1) is 0 Å². The minimum absolute atomic E-state index is 0.0783. The Hall–Kier alpha value is -2.18. The molecule has 1 saturated heterocycles. The number of fused-ring (bicyclic) bond motifs is 1. The Morgan fingerprint density at radius 3 is 2.92 bits per heavy atom. The summed E-state index contributed by atoms with van der Waals surface area (Å²) >= 11 is 6.19. The van der Waals surface area contributed by atoms with E-state index in [0.29, 0.717) is 10.0 Å². The number of anilines is 1. The van der Waals surface area contributed by atoms with Gasteiger partial charge in [-0.1, -0.05) is 24.0 Å². The van der Waals surface area contributed by atoms with Gasteiger partial charge in [-0.3, -0.25) is 19.2 Å². The molecule has 0 aliphatic carbocycles. The summed E-state index contributed by atoms with van der Waals surface area (Å²) in [6.45, 7) is -0.277. The summed E-state index contributed by atoms with van der Waals surface area (Å²) in [5.74, 6) is -0.749. The molecular weight excluding hydrogens is 398 g/mol. The average Bonchev–Trinajstić information content (AvgIpc) is 3.15. The number of nitrogens with one attached hydrogen (secondary N) is 2. The third kappa shape index (κ3) is 4.51. The largest absolute Gasteiger partial charge is 0.353 e. The topological polar surface area (TPSA) is 113 Å².